The molecule has 0 amide bonds. The first-order valence-electron chi connectivity index (χ1n) is 9.71. The molecular weight excluding hydrogens is 434 g/mol. The van der Waals surface area contributed by atoms with E-state index in [0.717, 1.165) is 5.56 Å². The van der Waals surface area contributed by atoms with Gasteiger partial charge in [0.25, 0.3) is 0 Å². The highest BCUT2D eigenvalue weighted by molar-refractivity contribution is 6.32. The third-order valence-corrected chi connectivity index (χ3v) is 5.37. The molecule has 162 valence electrons. The molecule has 1 atom stereocenters. The summed E-state index contributed by atoms with van der Waals surface area (Å²) in [5.41, 5.74) is 1.85. The Morgan fingerprint density at radius 1 is 1.19 bits per heavy atom. The second kappa shape index (κ2) is 8.72. The van der Waals surface area contributed by atoms with Crippen LogP contribution in [0.4, 0.5) is 5.69 Å². The molecule has 7 nitrogen and oxygen atoms in total. The van der Waals surface area contributed by atoms with Crippen LogP contribution in [0.1, 0.15) is 28.2 Å². The Morgan fingerprint density at radius 3 is 2.59 bits per heavy atom. The number of benzene rings is 3. The number of aldehydes is 1. The monoisotopic (exact) mass is 451 g/mol. The number of allylic oxidation sites excluding steroid dienone is 1. The zero-order valence-corrected chi connectivity index (χ0v) is 17.7. The fraction of sp³-hybridized carbons (Fsp3) is 0.125. The van der Waals surface area contributed by atoms with Crippen molar-refractivity contribution in [2.45, 2.75) is 19.4 Å². The van der Waals surface area contributed by atoms with E-state index in [1.807, 2.05) is 30.3 Å². The Hall–Kier alpha value is -3.84. The lowest BCUT2D eigenvalue weighted by Crippen LogP contribution is -2.17. The highest BCUT2D eigenvalue weighted by Gasteiger charge is 2.35. The lowest BCUT2D eigenvalue weighted by molar-refractivity contribution is -0.385. The third-order valence-electron chi connectivity index (χ3n) is 5.07. The summed E-state index contributed by atoms with van der Waals surface area (Å²) in [4.78, 5) is 22.7. The highest BCUT2D eigenvalue weighted by atomic mass is 35.5. The van der Waals surface area contributed by atoms with Gasteiger partial charge in [0.1, 0.15) is 24.6 Å². The Kier molecular flexibility index (Phi) is 5.83. The minimum atomic E-state index is -1.10. The molecular formula is C24H18ClNO6. The average Bonchev–Trinajstić information content (AvgIpc) is 2.78. The van der Waals surface area contributed by atoms with Crippen molar-refractivity contribution in [3.05, 3.63) is 104 Å². The zero-order chi connectivity index (χ0) is 22.8. The Labute approximate surface area is 188 Å². The van der Waals surface area contributed by atoms with E-state index in [1.54, 1.807) is 25.1 Å². The van der Waals surface area contributed by atoms with Gasteiger partial charge in [-0.1, -0.05) is 48.0 Å². The van der Waals surface area contributed by atoms with Crippen LogP contribution in [0.2, 0.25) is 5.02 Å². The molecule has 1 unspecified atom stereocenters. The van der Waals surface area contributed by atoms with E-state index in [-0.39, 0.29) is 33.5 Å². The van der Waals surface area contributed by atoms with Crippen LogP contribution < -0.4 is 9.47 Å². The Bertz CT molecular complexity index is 1240. The van der Waals surface area contributed by atoms with Gasteiger partial charge in [-0.15, -0.1) is 0 Å². The highest BCUT2D eigenvalue weighted by Crippen LogP contribution is 2.46. The molecule has 0 saturated heterocycles. The predicted octanol–water partition coefficient (Wildman–Crippen LogP) is 5.74. The second-order valence-corrected chi connectivity index (χ2v) is 7.72. The lowest BCUT2D eigenvalue weighted by atomic mass is 9.91. The Morgan fingerprint density at radius 2 is 1.94 bits per heavy atom. The summed E-state index contributed by atoms with van der Waals surface area (Å²) < 4.78 is 11.5. The molecule has 0 bridgehead atoms. The molecule has 1 aliphatic rings. The lowest BCUT2D eigenvalue weighted by Gasteiger charge is -2.25. The maximum absolute atomic E-state index is 11.8. The van der Waals surface area contributed by atoms with Gasteiger partial charge < -0.3 is 19.4 Å². The van der Waals surface area contributed by atoms with Crippen molar-refractivity contribution in [1.29, 1.82) is 0 Å². The van der Waals surface area contributed by atoms with Crippen LogP contribution in [-0.2, 0) is 11.4 Å². The summed E-state index contributed by atoms with van der Waals surface area (Å²) in [6.07, 6.45) is 0.527. The normalized spacial score (nSPS) is 15.0. The summed E-state index contributed by atoms with van der Waals surface area (Å²) >= 11 is 6.37. The van der Waals surface area contributed by atoms with Crippen molar-refractivity contribution >= 4 is 29.3 Å². The van der Waals surface area contributed by atoms with Gasteiger partial charge in [-0.25, -0.2) is 0 Å². The molecule has 1 aliphatic heterocycles. The van der Waals surface area contributed by atoms with Gasteiger partial charge in [0.05, 0.1) is 9.95 Å². The number of halogens is 1. The third kappa shape index (κ3) is 4.02. The molecule has 0 radical (unpaired) electrons. The van der Waals surface area contributed by atoms with E-state index in [2.05, 4.69) is 0 Å². The minimum Gasteiger partial charge on any atom is -0.507 e. The van der Waals surface area contributed by atoms with E-state index < -0.39 is 10.8 Å². The average molecular weight is 452 g/mol. The van der Waals surface area contributed by atoms with Crippen molar-refractivity contribution < 1.29 is 24.3 Å². The van der Waals surface area contributed by atoms with E-state index in [0.29, 0.717) is 29.8 Å². The van der Waals surface area contributed by atoms with Gasteiger partial charge in [-0.3, -0.25) is 10.1 Å². The zero-order valence-electron chi connectivity index (χ0n) is 16.9. The fourth-order valence-electron chi connectivity index (χ4n) is 3.54. The Balaban J connectivity index is 1.68. The van der Waals surface area contributed by atoms with Gasteiger partial charge in [0, 0.05) is 17.2 Å². The summed E-state index contributed by atoms with van der Waals surface area (Å²) in [7, 11) is 0. The van der Waals surface area contributed by atoms with Crippen molar-refractivity contribution in [2.24, 2.45) is 0 Å². The van der Waals surface area contributed by atoms with Gasteiger partial charge in [0.2, 0.25) is 5.75 Å². The number of aliphatic hydroxyl groups is 1. The fourth-order valence-corrected chi connectivity index (χ4v) is 3.78. The molecule has 0 aliphatic carbocycles. The molecule has 0 aromatic heterocycles. The maximum Gasteiger partial charge on any atom is 0.312 e. The number of ether oxygens (including phenoxy) is 2. The molecule has 0 fully saturated rings. The molecule has 8 heteroatoms. The number of hydrogen-bond acceptors (Lipinski definition) is 6. The number of carbonyl (C=O) groups excluding carboxylic acids is 1. The van der Waals surface area contributed by atoms with Crippen LogP contribution in [0, 0.1) is 17.0 Å². The summed E-state index contributed by atoms with van der Waals surface area (Å²) in [6, 6.07) is 17.2. The summed E-state index contributed by atoms with van der Waals surface area (Å²) in [5.74, 6) is -1.17. The molecule has 3 aromatic carbocycles. The molecule has 32 heavy (non-hydrogen) atoms. The van der Waals surface area contributed by atoms with Crippen molar-refractivity contribution in [3.63, 3.8) is 0 Å². The minimum absolute atomic E-state index is 0.0712. The maximum atomic E-state index is 11.8. The molecule has 1 N–H and O–H groups in total. The van der Waals surface area contributed by atoms with Crippen LogP contribution in [0.25, 0.3) is 5.76 Å². The SMILES string of the molecule is Cc1cc2c(c([N+](=O)[O-])c1)OC(c1ccc(OCc3ccccc3)c(Cl)c1)=C(O)C2C=O. The number of nitro groups is 1. The van der Waals surface area contributed by atoms with E-state index in [4.69, 9.17) is 21.1 Å². The van der Waals surface area contributed by atoms with E-state index >= 15 is 0 Å². The standard InChI is InChI=1S/C24H18ClNO6/c1-14-9-17-18(12-27)22(28)23(32-24(17)20(10-14)26(29)30)16-7-8-21(19(25)11-16)31-13-15-5-3-2-4-6-15/h2-12,18,28H,13H2,1H3. The number of rotatable bonds is 6. The smallest absolute Gasteiger partial charge is 0.312 e. The van der Waals surface area contributed by atoms with E-state index in [1.165, 1.54) is 12.1 Å². The molecule has 0 spiro atoms. The van der Waals surface area contributed by atoms with Gasteiger partial charge >= 0.3 is 5.69 Å². The van der Waals surface area contributed by atoms with Crippen molar-refractivity contribution in [2.75, 3.05) is 0 Å². The first kappa shape index (κ1) is 21.4. The van der Waals surface area contributed by atoms with Crippen LogP contribution in [-0.4, -0.2) is 16.3 Å². The van der Waals surface area contributed by atoms with Crippen LogP contribution in [0.15, 0.2) is 66.4 Å². The second-order valence-electron chi connectivity index (χ2n) is 7.31. The van der Waals surface area contributed by atoms with Crippen LogP contribution in [0.5, 0.6) is 11.5 Å². The van der Waals surface area contributed by atoms with Gasteiger partial charge in [0.15, 0.2) is 11.5 Å². The number of fused-ring (bicyclic) bond motifs is 1. The molecule has 4 rings (SSSR count). The number of carbonyl (C=O) groups is 1. The first-order chi connectivity index (χ1) is 15.4. The number of nitro benzene ring substituents is 1. The van der Waals surface area contributed by atoms with E-state index in [9.17, 15) is 20.0 Å². The topological polar surface area (TPSA) is 98.9 Å². The largest absolute Gasteiger partial charge is 0.507 e. The number of aryl methyl sites for hydroxylation is 1. The molecule has 1 heterocycles. The molecule has 3 aromatic rings. The summed E-state index contributed by atoms with van der Waals surface area (Å²) in [5, 5.41) is 22.6. The number of hydrogen-bond donors (Lipinski definition) is 1. The quantitative estimate of drug-likeness (QED) is 0.291. The predicted molar refractivity (Wildman–Crippen MR) is 119 cm³/mol. The van der Waals surface area contributed by atoms with Gasteiger partial charge in [-0.2, -0.15) is 0 Å². The van der Waals surface area contributed by atoms with Crippen LogP contribution >= 0.6 is 11.6 Å². The van der Waals surface area contributed by atoms with Crippen molar-refractivity contribution in [3.8, 4) is 11.5 Å². The molecule has 0 saturated carbocycles. The van der Waals surface area contributed by atoms with Crippen LogP contribution in [0.3, 0.4) is 0 Å². The van der Waals surface area contributed by atoms with Crippen molar-refractivity contribution in [1.82, 2.24) is 0 Å². The first-order valence-corrected chi connectivity index (χ1v) is 10.1. The summed E-state index contributed by atoms with van der Waals surface area (Å²) in [6.45, 7) is 1.98. The number of aliphatic hydroxyl groups excluding tert-OH is 1. The van der Waals surface area contributed by atoms with Gasteiger partial charge in [-0.05, 0) is 36.2 Å². The number of nitrogens with zero attached hydrogens (tertiary/aromatic N) is 1.